The van der Waals surface area contributed by atoms with Gasteiger partial charge in [-0.05, 0) is 19.8 Å². The molecule has 0 aliphatic heterocycles. The Bertz CT molecular complexity index is 342. The molecule has 1 N–H and O–H groups in total. The lowest BCUT2D eigenvalue weighted by Gasteiger charge is -2.12. The zero-order chi connectivity index (χ0) is 10.9. The van der Waals surface area contributed by atoms with Gasteiger partial charge in [-0.3, -0.25) is 0 Å². The van der Waals surface area contributed by atoms with Gasteiger partial charge in [0.15, 0.2) is 5.69 Å². The van der Waals surface area contributed by atoms with Gasteiger partial charge in [-0.25, -0.2) is 9.48 Å². The molecule has 0 aliphatic rings. The molecule has 0 bridgehead atoms. The van der Waals surface area contributed by atoms with Gasteiger partial charge in [-0.1, -0.05) is 19.1 Å². The molecule has 1 aromatic heterocycles. The zero-order valence-corrected chi connectivity index (χ0v) is 8.85. The second-order valence-corrected chi connectivity index (χ2v) is 3.82. The van der Waals surface area contributed by atoms with Crippen LogP contribution in [0.3, 0.4) is 0 Å². The second-order valence-electron chi connectivity index (χ2n) is 3.82. The third-order valence-corrected chi connectivity index (χ3v) is 1.97. The Morgan fingerprint density at radius 2 is 1.93 bits per heavy atom. The third kappa shape index (κ3) is 1.76. The predicted molar refractivity (Wildman–Crippen MR) is 51.5 cm³/mol. The molecule has 78 valence electrons. The summed E-state index contributed by atoms with van der Waals surface area (Å²) in [6.45, 7) is 7.77. The lowest BCUT2D eigenvalue weighted by atomic mass is 10.1. The highest BCUT2D eigenvalue weighted by Gasteiger charge is 2.22. The minimum Gasteiger partial charge on any atom is -0.476 e. The maximum absolute atomic E-state index is 10.8. The van der Waals surface area contributed by atoms with Gasteiger partial charge in [-0.2, -0.15) is 0 Å². The third-order valence-electron chi connectivity index (χ3n) is 1.97. The fraction of sp³-hybridized carbons (Fsp3) is 0.667. The molecule has 0 aromatic carbocycles. The van der Waals surface area contributed by atoms with E-state index in [4.69, 9.17) is 5.11 Å². The summed E-state index contributed by atoms with van der Waals surface area (Å²) in [4.78, 5) is 10.8. The number of rotatable bonds is 3. The summed E-state index contributed by atoms with van der Waals surface area (Å²) in [5.41, 5.74) is 0.751. The average Bonchev–Trinajstić information content (AvgIpc) is 2.46. The molecule has 0 saturated heterocycles. The van der Waals surface area contributed by atoms with Gasteiger partial charge >= 0.3 is 5.97 Å². The van der Waals surface area contributed by atoms with Crippen molar-refractivity contribution >= 4 is 5.97 Å². The number of nitrogens with zero attached hydrogens (tertiary/aromatic N) is 3. The van der Waals surface area contributed by atoms with Crippen molar-refractivity contribution in [1.29, 1.82) is 0 Å². The zero-order valence-electron chi connectivity index (χ0n) is 8.85. The van der Waals surface area contributed by atoms with Crippen LogP contribution >= 0.6 is 0 Å². The molecule has 1 heterocycles. The molecule has 5 nitrogen and oxygen atoms in total. The summed E-state index contributed by atoms with van der Waals surface area (Å²) < 4.78 is 1.66. The molecule has 0 atom stereocenters. The fourth-order valence-electron chi connectivity index (χ4n) is 1.37. The monoisotopic (exact) mass is 197 g/mol. The molecular formula is C9H15N3O2. The van der Waals surface area contributed by atoms with Crippen molar-refractivity contribution in [2.45, 2.75) is 39.7 Å². The van der Waals surface area contributed by atoms with Gasteiger partial charge in [0.1, 0.15) is 0 Å². The van der Waals surface area contributed by atoms with Crippen LogP contribution < -0.4 is 0 Å². The summed E-state index contributed by atoms with van der Waals surface area (Å²) in [5, 5.41) is 16.4. The lowest BCUT2D eigenvalue weighted by Crippen LogP contribution is -2.11. The van der Waals surface area contributed by atoms with Crippen LogP contribution in [0, 0.1) is 0 Å². The number of aromatic nitrogens is 3. The maximum Gasteiger partial charge on any atom is 0.358 e. The average molecular weight is 197 g/mol. The van der Waals surface area contributed by atoms with E-state index >= 15 is 0 Å². The van der Waals surface area contributed by atoms with E-state index in [0.29, 0.717) is 5.69 Å². The first kappa shape index (κ1) is 10.7. The minimum atomic E-state index is -1.01. The van der Waals surface area contributed by atoms with Gasteiger partial charge in [0.25, 0.3) is 0 Å². The van der Waals surface area contributed by atoms with E-state index in [9.17, 15) is 4.79 Å². The maximum atomic E-state index is 10.8. The molecule has 14 heavy (non-hydrogen) atoms. The molecule has 0 spiro atoms. The Morgan fingerprint density at radius 3 is 2.29 bits per heavy atom. The van der Waals surface area contributed by atoms with Gasteiger partial charge in [-0.15, -0.1) is 5.10 Å². The van der Waals surface area contributed by atoms with Crippen LogP contribution in [0.2, 0.25) is 0 Å². The van der Waals surface area contributed by atoms with E-state index in [1.807, 2.05) is 27.7 Å². The quantitative estimate of drug-likeness (QED) is 0.800. The van der Waals surface area contributed by atoms with E-state index in [1.54, 1.807) is 4.68 Å². The topological polar surface area (TPSA) is 68.0 Å². The standard InChI is InChI=1S/C9H15N3O2/c1-5(2)8-7(9(13)14)10-11-12(8)6(3)4/h5-6H,1-4H3,(H,13,14). The van der Waals surface area contributed by atoms with Crippen LogP contribution in [0.4, 0.5) is 0 Å². The Hall–Kier alpha value is -1.39. The van der Waals surface area contributed by atoms with Crippen LogP contribution in [-0.4, -0.2) is 26.1 Å². The number of hydrogen-bond donors (Lipinski definition) is 1. The van der Waals surface area contributed by atoms with E-state index in [0.717, 1.165) is 0 Å². The molecule has 0 aliphatic carbocycles. The van der Waals surface area contributed by atoms with E-state index in [1.165, 1.54) is 0 Å². The number of carboxylic acids is 1. The summed E-state index contributed by atoms with van der Waals surface area (Å²) in [6, 6.07) is 0.132. The largest absolute Gasteiger partial charge is 0.476 e. The van der Waals surface area contributed by atoms with E-state index in [-0.39, 0.29) is 17.7 Å². The summed E-state index contributed by atoms with van der Waals surface area (Å²) >= 11 is 0. The number of aromatic carboxylic acids is 1. The normalized spacial score (nSPS) is 11.3. The van der Waals surface area contributed by atoms with Gasteiger partial charge in [0, 0.05) is 6.04 Å². The van der Waals surface area contributed by atoms with Crippen LogP contribution in [0.5, 0.6) is 0 Å². The highest BCUT2D eigenvalue weighted by Crippen LogP contribution is 2.20. The summed E-state index contributed by atoms with van der Waals surface area (Å²) in [5.74, 6) is -0.904. The Morgan fingerprint density at radius 1 is 1.36 bits per heavy atom. The molecule has 1 aromatic rings. The minimum absolute atomic E-state index is 0.0636. The first-order valence-corrected chi connectivity index (χ1v) is 4.63. The molecule has 1 rings (SSSR count). The Labute approximate surface area is 82.7 Å². The smallest absolute Gasteiger partial charge is 0.358 e. The molecular weight excluding hydrogens is 182 g/mol. The predicted octanol–water partition coefficient (Wildman–Crippen LogP) is 1.68. The van der Waals surface area contributed by atoms with Crippen LogP contribution in [0.25, 0.3) is 0 Å². The summed E-state index contributed by atoms with van der Waals surface area (Å²) in [7, 11) is 0. The fourth-order valence-corrected chi connectivity index (χ4v) is 1.37. The molecule has 0 saturated carbocycles. The second kappa shape index (κ2) is 3.77. The molecule has 0 radical (unpaired) electrons. The Kier molecular flexibility index (Phi) is 2.88. The first-order valence-electron chi connectivity index (χ1n) is 4.63. The van der Waals surface area contributed by atoms with Crippen molar-refractivity contribution in [3.8, 4) is 0 Å². The molecule has 0 amide bonds. The van der Waals surface area contributed by atoms with Gasteiger partial charge in [0.05, 0.1) is 5.69 Å². The van der Waals surface area contributed by atoms with Crippen molar-refractivity contribution in [3.05, 3.63) is 11.4 Å². The first-order chi connectivity index (χ1) is 6.45. The van der Waals surface area contributed by atoms with Crippen molar-refractivity contribution in [3.63, 3.8) is 0 Å². The van der Waals surface area contributed by atoms with Gasteiger partial charge in [0.2, 0.25) is 0 Å². The SMILES string of the molecule is CC(C)c1c(C(=O)O)nnn1C(C)C. The van der Waals surface area contributed by atoms with E-state index in [2.05, 4.69) is 10.3 Å². The summed E-state index contributed by atoms with van der Waals surface area (Å²) in [6.07, 6.45) is 0. The number of carbonyl (C=O) groups is 1. The van der Waals surface area contributed by atoms with Crippen molar-refractivity contribution in [1.82, 2.24) is 15.0 Å². The highest BCUT2D eigenvalue weighted by molar-refractivity contribution is 5.86. The molecule has 5 heteroatoms. The molecule has 0 unspecified atom stereocenters. The van der Waals surface area contributed by atoms with Crippen LogP contribution in [0.1, 0.15) is 55.8 Å². The van der Waals surface area contributed by atoms with Gasteiger partial charge < -0.3 is 5.11 Å². The van der Waals surface area contributed by atoms with Crippen molar-refractivity contribution in [2.75, 3.05) is 0 Å². The lowest BCUT2D eigenvalue weighted by molar-refractivity contribution is 0.0688. The van der Waals surface area contributed by atoms with Crippen LogP contribution in [-0.2, 0) is 0 Å². The number of hydrogen-bond acceptors (Lipinski definition) is 3. The van der Waals surface area contributed by atoms with Crippen molar-refractivity contribution in [2.24, 2.45) is 0 Å². The van der Waals surface area contributed by atoms with E-state index < -0.39 is 5.97 Å². The highest BCUT2D eigenvalue weighted by atomic mass is 16.4. The Balaban J connectivity index is 3.27. The van der Waals surface area contributed by atoms with Crippen molar-refractivity contribution < 1.29 is 9.90 Å². The molecule has 0 fully saturated rings. The number of carboxylic acid groups (broad SMARTS) is 1. The van der Waals surface area contributed by atoms with Crippen LogP contribution in [0.15, 0.2) is 0 Å².